The summed E-state index contributed by atoms with van der Waals surface area (Å²) in [6.07, 6.45) is 2.36. The highest BCUT2D eigenvalue weighted by Gasteiger charge is 2.12. The van der Waals surface area contributed by atoms with Crippen LogP contribution in [0, 0.1) is 0 Å². The van der Waals surface area contributed by atoms with Gasteiger partial charge in [0.2, 0.25) is 0 Å². The monoisotopic (exact) mass is 356 g/mol. The number of benzene rings is 1. The lowest BCUT2D eigenvalue weighted by Crippen LogP contribution is -2.44. The van der Waals surface area contributed by atoms with E-state index in [-0.39, 0.29) is 17.6 Å². The molecule has 7 heteroatoms. The second kappa shape index (κ2) is 9.17. The number of rotatable bonds is 7. The van der Waals surface area contributed by atoms with Gasteiger partial charge in [-0.1, -0.05) is 6.07 Å². The van der Waals surface area contributed by atoms with Gasteiger partial charge in [-0.3, -0.25) is 9.59 Å². The SMILES string of the molecule is O=C(NCCCN1CCNCC1)c1cccc(NC(=O)c2ccco2)c1. The lowest BCUT2D eigenvalue weighted by atomic mass is 10.2. The summed E-state index contributed by atoms with van der Waals surface area (Å²) in [7, 11) is 0. The molecular weight excluding hydrogens is 332 g/mol. The van der Waals surface area contributed by atoms with E-state index in [9.17, 15) is 9.59 Å². The molecule has 1 aliphatic heterocycles. The molecule has 0 aliphatic carbocycles. The van der Waals surface area contributed by atoms with E-state index in [0.717, 1.165) is 39.1 Å². The van der Waals surface area contributed by atoms with E-state index in [0.29, 0.717) is 17.8 Å². The van der Waals surface area contributed by atoms with Gasteiger partial charge in [-0.15, -0.1) is 0 Å². The van der Waals surface area contributed by atoms with Gasteiger partial charge < -0.3 is 25.3 Å². The Morgan fingerprint density at radius 3 is 2.73 bits per heavy atom. The highest BCUT2D eigenvalue weighted by Crippen LogP contribution is 2.12. The van der Waals surface area contributed by atoms with E-state index in [1.54, 1.807) is 36.4 Å². The highest BCUT2D eigenvalue weighted by molar-refractivity contribution is 6.03. The van der Waals surface area contributed by atoms with Crippen molar-refractivity contribution in [3.63, 3.8) is 0 Å². The number of nitrogens with zero attached hydrogens (tertiary/aromatic N) is 1. The van der Waals surface area contributed by atoms with E-state index < -0.39 is 0 Å². The molecular formula is C19H24N4O3. The average Bonchev–Trinajstić information content (AvgIpc) is 3.21. The summed E-state index contributed by atoms with van der Waals surface area (Å²) in [5, 5.41) is 8.98. The number of carbonyl (C=O) groups excluding carboxylic acids is 2. The van der Waals surface area contributed by atoms with Crippen LogP contribution >= 0.6 is 0 Å². The number of carbonyl (C=O) groups is 2. The molecule has 2 heterocycles. The molecule has 1 aromatic carbocycles. The number of hydrogen-bond donors (Lipinski definition) is 3. The van der Waals surface area contributed by atoms with Gasteiger partial charge in [0.15, 0.2) is 5.76 Å². The number of amides is 2. The van der Waals surface area contributed by atoms with Crippen LogP contribution in [0.1, 0.15) is 27.3 Å². The second-order valence-corrected chi connectivity index (χ2v) is 6.21. The third kappa shape index (κ3) is 5.18. The van der Waals surface area contributed by atoms with Crippen molar-refractivity contribution in [1.82, 2.24) is 15.5 Å². The molecule has 0 unspecified atom stereocenters. The van der Waals surface area contributed by atoms with Crippen LogP contribution in [-0.2, 0) is 0 Å². The van der Waals surface area contributed by atoms with Crippen molar-refractivity contribution in [3.8, 4) is 0 Å². The molecule has 7 nitrogen and oxygen atoms in total. The molecule has 26 heavy (non-hydrogen) atoms. The fraction of sp³-hybridized carbons (Fsp3) is 0.368. The molecule has 0 atom stereocenters. The number of furan rings is 1. The van der Waals surface area contributed by atoms with Crippen molar-refractivity contribution in [2.24, 2.45) is 0 Å². The predicted molar refractivity (Wildman–Crippen MR) is 99.4 cm³/mol. The Hall–Kier alpha value is -2.64. The molecule has 2 aromatic rings. The number of nitrogens with one attached hydrogen (secondary N) is 3. The summed E-state index contributed by atoms with van der Waals surface area (Å²) in [6, 6.07) is 10.1. The summed E-state index contributed by atoms with van der Waals surface area (Å²) in [6.45, 7) is 5.80. The maximum Gasteiger partial charge on any atom is 0.291 e. The van der Waals surface area contributed by atoms with Gasteiger partial charge in [-0.2, -0.15) is 0 Å². The van der Waals surface area contributed by atoms with Gasteiger partial charge in [-0.05, 0) is 43.3 Å². The Labute approximate surface area is 152 Å². The molecule has 1 aliphatic rings. The summed E-state index contributed by atoms with van der Waals surface area (Å²) in [5.41, 5.74) is 1.07. The molecule has 0 saturated carbocycles. The fourth-order valence-corrected chi connectivity index (χ4v) is 2.88. The van der Waals surface area contributed by atoms with Gasteiger partial charge in [0.05, 0.1) is 6.26 Å². The zero-order chi connectivity index (χ0) is 18.2. The lowest BCUT2D eigenvalue weighted by Gasteiger charge is -2.27. The highest BCUT2D eigenvalue weighted by atomic mass is 16.3. The summed E-state index contributed by atoms with van der Waals surface area (Å²) in [5.74, 6) is -0.254. The van der Waals surface area contributed by atoms with Crippen molar-refractivity contribution in [2.45, 2.75) is 6.42 Å². The number of hydrogen-bond acceptors (Lipinski definition) is 5. The summed E-state index contributed by atoms with van der Waals surface area (Å²) in [4.78, 5) is 26.7. The Morgan fingerprint density at radius 1 is 1.12 bits per heavy atom. The van der Waals surface area contributed by atoms with Crippen molar-refractivity contribution in [1.29, 1.82) is 0 Å². The molecule has 0 spiro atoms. The summed E-state index contributed by atoms with van der Waals surface area (Å²) < 4.78 is 5.06. The Balaban J connectivity index is 1.46. The largest absolute Gasteiger partial charge is 0.459 e. The first-order valence-corrected chi connectivity index (χ1v) is 8.88. The van der Waals surface area contributed by atoms with Crippen LogP contribution in [0.25, 0.3) is 0 Å². The molecule has 1 saturated heterocycles. The zero-order valence-corrected chi connectivity index (χ0v) is 14.7. The van der Waals surface area contributed by atoms with Crippen LogP contribution in [0.2, 0.25) is 0 Å². The topological polar surface area (TPSA) is 86.6 Å². The first-order chi connectivity index (χ1) is 12.7. The maximum absolute atomic E-state index is 12.3. The smallest absolute Gasteiger partial charge is 0.291 e. The van der Waals surface area contributed by atoms with Crippen LogP contribution in [0.5, 0.6) is 0 Å². The van der Waals surface area contributed by atoms with E-state index in [4.69, 9.17) is 4.42 Å². The van der Waals surface area contributed by atoms with Crippen molar-refractivity contribution >= 4 is 17.5 Å². The van der Waals surface area contributed by atoms with E-state index in [2.05, 4.69) is 20.9 Å². The lowest BCUT2D eigenvalue weighted by molar-refractivity contribution is 0.0949. The Bertz CT molecular complexity index is 724. The number of anilines is 1. The van der Waals surface area contributed by atoms with Crippen LogP contribution in [-0.4, -0.2) is 56.0 Å². The van der Waals surface area contributed by atoms with Crippen molar-refractivity contribution in [3.05, 3.63) is 54.0 Å². The maximum atomic E-state index is 12.3. The van der Waals surface area contributed by atoms with Crippen LogP contribution in [0.3, 0.4) is 0 Å². The van der Waals surface area contributed by atoms with E-state index >= 15 is 0 Å². The van der Waals surface area contributed by atoms with Gasteiger partial charge >= 0.3 is 0 Å². The van der Waals surface area contributed by atoms with Crippen molar-refractivity contribution < 1.29 is 14.0 Å². The minimum Gasteiger partial charge on any atom is -0.459 e. The normalized spacial score (nSPS) is 14.8. The second-order valence-electron chi connectivity index (χ2n) is 6.21. The molecule has 3 N–H and O–H groups in total. The zero-order valence-electron chi connectivity index (χ0n) is 14.7. The van der Waals surface area contributed by atoms with E-state index in [1.807, 2.05) is 0 Å². The van der Waals surface area contributed by atoms with Gasteiger partial charge in [0, 0.05) is 44.0 Å². The van der Waals surface area contributed by atoms with Crippen LogP contribution < -0.4 is 16.0 Å². The van der Waals surface area contributed by atoms with Crippen molar-refractivity contribution in [2.75, 3.05) is 44.6 Å². The quantitative estimate of drug-likeness (QED) is 0.656. The number of piperazine rings is 1. The third-order valence-corrected chi connectivity index (χ3v) is 4.27. The van der Waals surface area contributed by atoms with Gasteiger partial charge in [-0.25, -0.2) is 0 Å². The summed E-state index contributed by atoms with van der Waals surface area (Å²) >= 11 is 0. The average molecular weight is 356 g/mol. The van der Waals surface area contributed by atoms with Crippen LogP contribution in [0.4, 0.5) is 5.69 Å². The molecule has 0 bridgehead atoms. The fourth-order valence-electron chi connectivity index (χ4n) is 2.88. The predicted octanol–water partition coefficient (Wildman–Crippen LogP) is 1.56. The minimum absolute atomic E-state index is 0.139. The Morgan fingerprint density at radius 2 is 1.96 bits per heavy atom. The van der Waals surface area contributed by atoms with Gasteiger partial charge in [0.25, 0.3) is 11.8 Å². The molecule has 2 amide bonds. The standard InChI is InChI=1S/C19H24N4O3/c24-18(21-7-3-10-23-11-8-20-9-12-23)15-4-1-5-16(14-15)22-19(25)17-6-2-13-26-17/h1-2,4-6,13-14,20H,3,7-12H2,(H,21,24)(H,22,25). The first kappa shape index (κ1) is 18.2. The van der Waals surface area contributed by atoms with E-state index in [1.165, 1.54) is 6.26 Å². The first-order valence-electron chi connectivity index (χ1n) is 8.88. The third-order valence-electron chi connectivity index (χ3n) is 4.27. The van der Waals surface area contributed by atoms with Gasteiger partial charge in [0.1, 0.15) is 0 Å². The van der Waals surface area contributed by atoms with Crippen LogP contribution in [0.15, 0.2) is 47.1 Å². The molecule has 138 valence electrons. The Kier molecular flexibility index (Phi) is 6.40. The molecule has 1 fully saturated rings. The molecule has 3 rings (SSSR count). The molecule has 0 radical (unpaired) electrons. The minimum atomic E-state index is -0.344. The molecule has 1 aromatic heterocycles.